The van der Waals surface area contributed by atoms with Crippen molar-refractivity contribution in [3.63, 3.8) is 0 Å². The van der Waals surface area contributed by atoms with Crippen LogP contribution in [0.5, 0.6) is 11.5 Å². The molecule has 3 aromatic rings. The Kier molecular flexibility index (Phi) is 7.73. The van der Waals surface area contributed by atoms with Gasteiger partial charge in [-0.1, -0.05) is 47.0 Å². The highest BCUT2D eigenvalue weighted by atomic mass is 35.5. The van der Waals surface area contributed by atoms with E-state index in [1.54, 1.807) is 36.4 Å². The van der Waals surface area contributed by atoms with Crippen molar-refractivity contribution in [3.05, 3.63) is 76.3 Å². The first-order valence-electron chi connectivity index (χ1n) is 9.72. The second-order valence-corrected chi connectivity index (χ2v) is 9.66. The third kappa shape index (κ3) is 5.52. The lowest BCUT2D eigenvalue weighted by Crippen LogP contribution is -2.38. The molecule has 7 nitrogen and oxygen atoms in total. The first-order chi connectivity index (χ1) is 15.7. The van der Waals surface area contributed by atoms with E-state index in [1.807, 2.05) is 6.92 Å². The van der Waals surface area contributed by atoms with Gasteiger partial charge in [0.1, 0.15) is 6.54 Å². The maximum atomic E-state index is 13.5. The fourth-order valence-electron chi connectivity index (χ4n) is 3.05. The Morgan fingerprint density at radius 2 is 1.64 bits per heavy atom. The zero-order valence-corrected chi connectivity index (χ0v) is 20.5. The van der Waals surface area contributed by atoms with Crippen molar-refractivity contribution in [1.29, 1.82) is 0 Å². The van der Waals surface area contributed by atoms with E-state index in [9.17, 15) is 13.2 Å². The van der Waals surface area contributed by atoms with Gasteiger partial charge in [-0.05, 0) is 43.3 Å². The topological polar surface area (TPSA) is 84.9 Å². The maximum Gasteiger partial charge on any atom is 0.264 e. The fourth-order valence-corrected chi connectivity index (χ4v) is 4.81. The summed E-state index contributed by atoms with van der Waals surface area (Å²) in [6.07, 6.45) is 0. The Bertz CT molecular complexity index is 1260. The number of anilines is 2. The lowest BCUT2D eigenvalue weighted by Gasteiger charge is -2.25. The molecule has 0 aliphatic carbocycles. The highest BCUT2D eigenvalue weighted by Gasteiger charge is 2.28. The molecule has 33 heavy (non-hydrogen) atoms. The predicted molar refractivity (Wildman–Crippen MR) is 130 cm³/mol. The molecule has 0 bridgehead atoms. The van der Waals surface area contributed by atoms with Crippen molar-refractivity contribution in [2.75, 3.05) is 30.4 Å². The van der Waals surface area contributed by atoms with Crippen LogP contribution in [0.2, 0.25) is 10.0 Å². The summed E-state index contributed by atoms with van der Waals surface area (Å²) in [5.74, 6) is 0.131. The van der Waals surface area contributed by atoms with E-state index in [1.165, 1.54) is 38.5 Å². The van der Waals surface area contributed by atoms with Crippen LogP contribution in [0.3, 0.4) is 0 Å². The Hall–Kier alpha value is -2.94. The predicted octanol–water partition coefficient (Wildman–Crippen LogP) is 5.15. The summed E-state index contributed by atoms with van der Waals surface area (Å²) in [5, 5.41) is 3.04. The number of rotatable bonds is 8. The minimum absolute atomic E-state index is 0.0384. The number of sulfonamides is 1. The molecule has 0 radical (unpaired) electrons. The average Bonchev–Trinajstić information content (AvgIpc) is 2.80. The van der Waals surface area contributed by atoms with Crippen LogP contribution >= 0.6 is 23.2 Å². The molecule has 1 amide bonds. The fraction of sp³-hybridized carbons (Fsp3) is 0.174. The van der Waals surface area contributed by atoms with Gasteiger partial charge in [0.25, 0.3) is 10.0 Å². The van der Waals surface area contributed by atoms with Crippen LogP contribution in [0.4, 0.5) is 11.4 Å². The normalized spacial score (nSPS) is 11.1. The molecule has 174 valence electrons. The molecule has 3 rings (SSSR count). The largest absolute Gasteiger partial charge is 0.493 e. The van der Waals surface area contributed by atoms with Crippen LogP contribution in [0.1, 0.15) is 5.56 Å². The number of nitrogens with zero attached hydrogens (tertiary/aromatic N) is 1. The molecular weight excluding hydrogens is 487 g/mol. The van der Waals surface area contributed by atoms with Gasteiger partial charge in [0, 0.05) is 6.07 Å². The molecule has 10 heteroatoms. The maximum absolute atomic E-state index is 13.5. The quantitative estimate of drug-likeness (QED) is 0.454. The van der Waals surface area contributed by atoms with Gasteiger partial charge < -0.3 is 14.8 Å². The van der Waals surface area contributed by atoms with Gasteiger partial charge in [0.05, 0.1) is 40.5 Å². The monoisotopic (exact) mass is 508 g/mol. The lowest BCUT2D eigenvalue weighted by atomic mass is 10.2. The van der Waals surface area contributed by atoms with Gasteiger partial charge in [-0.25, -0.2) is 8.42 Å². The molecule has 1 N–H and O–H groups in total. The minimum atomic E-state index is -4.10. The Morgan fingerprint density at radius 1 is 0.970 bits per heavy atom. The Labute approximate surface area is 202 Å². The van der Waals surface area contributed by atoms with Gasteiger partial charge in [-0.15, -0.1) is 0 Å². The van der Waals surface area contributed by atoms with E-state index < -0.39 is 22.5 Å². The first kappa shape index (κ1) is 24.7. The Morgan fingerprint density at radius 3 is 2.27 bits per heavy atom. The van der Waals surface area contributed by atoms with Crippen molar-refractivity contribution in [2.24, 2.45) is 0 Å². The van der Waals surface area contributed by atoms with E-state index in [0.29, 0.717) is 11.5 Å². The number of benzene rings is 3. The standard InChI is InChI=1S/C23H22Cl2N2O5S/c1-15-7-10-17(11-8-15)33(29,30)27(16-9-12-20(31-2)21(13-16)32-3)14-22(28)26-19-6-4-5-18(24)23(19)25/h4-13H,14H2,1-3H3,(H,26,28). The van der Waals surface area contributed by atoms with Gasteiger partial charge in [0.2, 0.25) is 5.91 Å². The number of methoxy groups -OCH3 is 2. The molecule has 0 fully saturated rings. The molecule has 0 aromatic heterocycles. The van der Waals surface area contributed by atoms with Gasteiger partial charge in [-0.3, -0.25) is 9.10 Å². The van der Waals surface area contributed by atoms with Crippen LogP contribution < -0.4 is 19.1 Å². The first-order valence-corrected chi connectivity index (χ1v) is 11.9. The highest BCUT2D eigenvalue weighted by Crippen LogP contribution is 2.34. The zero-order chi connectivity index (χ0) is 24.2. The van der Waals surface area contributed by atoms with Gasteiger partial charge >= 0.3 is 0 Å². The molecule has 0 saturated carbocycles. The van der Waals surface area contributed by atoms with E-state index >= 15 is 0 Å². The SMILES string of the molecule is COc1ccc(N(CC(=O)Nc2cccc(Cl)c2Cl)S(=O)(=O)c2ccc(C)cc2)cc1OC. The smallest absolute Gasteiger partial charge is 0.264 e. The van der Waals surface area contributed by atoms with Gasteiger partial charge in [0.15, 0.2) is 11.5 Å². The van der Waals surface area contributed by atoms with Gasteiger partial charge in [-0.2, -0.15) is 0 Å². The Balaban J connectivity index is 2.02. The summed E-state index contributed by atoms with van der Waals surface area (Å²) in [5.41, 5.74) is 1.40. The number of ether oxygens (including phenoxy) is 2. The van der Waals surface area contributed by atoms with E-state index in [4.69, 9.17) is 32.7 Å². The van der Waals surface area contributed by atoms with Crippen molar-refractivity contribution < 1.29 is 22.7 Å². The van der Waals surface area contributed by atoms with Crippen LogP contribution in [-0.2, 0) is 14.8 Å². The summed E-state index contributed by atoms with van der Waals surface area (Å²) in [6, 6.07) is 15.7. The van der Waals surface area contributed by atoms with Crippen molar-refractivity contribution in [3.8, 4) is 11.5 Å². The molecule has 0 spiro atoms. The van der Waals surface area contributed by atoms with Crippen LogP contribution in [0.25, 0.3) is 0 Å². The third-order valence-electron chi connectivity index (χ3n) is 4.78. The molecule has 0 aliphatic rings. The molecule has 0 saturated heterocycles. The summed E-state index contributed by atoms with van der Waals surface area (Å²) >= 11 is 12.2. The molecule has 0 atom stereocenters. The molecule has 3 aromatic carbocycles. The second kappa shape index (κ2) is 10.3. The van der Waals surface area contributed by atoms with Crippen molar-refractivity contribution in [2.45, 2.75) is 11.8 Å². The lowest BCUT2D eigenvalue weighted by molar-refractivity contribution is -0.114. The number of nitrogens with one attached hydrogen (secondary N) is 1. The van der Waals surface area contributed by atoms with Crippen molar-refractivity contribution >= 4 is 50.5 Å². The number of hydrogen-bond acceptors (Lipinski definition) is 5. The molecule has 0 aliphatic heterocycles. The number of carbonyl (C=O) groups is 1. The summed E-state index contributed by atoms with van der Waals surface area (Å²) in [4.78, 5) is 12.9. The van der Waals surface area contributed by atoms with E-state index in [-0.39, 0.29) is 26.3 Å². The van der Waals surface area contributed by atoms with Crippen LogP contribution in [0.15, 0.2) is 65.6 Å². The third-order valence-corrected chi connectivity index (χ3v) is 7.38. The van der Waals surface area contributed by atoms with Crippen LogP contribution in [-0.4, -0.2) is 35.1 Å². The summed E-state index contributed by atoms with van der Waals surface area (Å²) in [6.45, 7) is 1.33. The minimum Gasteiger partial charge on any atom is -0.493 e. The summed E-state index contributed by atoms with van der Waals surface area (Å²) in [7, 11) is -1.19. The number of carbonyl (C=O) groups excluding carboxylic acids is 1. The number of aryl methyl sites for hydroxylation is 1. The number of halogens is 2. The zero-order valence-electron chi connectivity index (χ0n) is 18.1. The van der Waals surface area contributed by atoms with Crippen molar-refractivity contribution in [1.82, 2.24) is 0 Å². The molecule has 0 heterocycles. The van der Waals surface area contributed by atoms with E-state index in [2.05, 4.69) is 5.32 Å². The molecule has 0 unspecified atom stereocenters. The molecular formula is C23H22Cl2N2O5S. The average molecular weight is 509 g/mol. The van der Waals surface area contributed by atoms with Crippen LogP contribution in [0, 0.1) is 6.92 Å². The number of amides is 1. The summed E-state index contributed by atoms with van der Waals surface area (Å²) < 4.78 is 38.6. The second-order valence-electron chi connectivity index (χ2n) is 7.01. The highest BCUT2D eigenvalue weighted by molar-refractivity contribution is 7.92. The van der Waals surface area contributed by atoms with E-state index in [0.717, 1.165) is 9.87 Å². The number of hydrogen-bond donors (Lipinski definition) is 1.